The summed E-state index contributed by atoms with van der Waals surface area (Å²) in [5.41, 5.74) is 5.55. The van der Waals surface area contributed by atoms with E-state index in [4.69, 9.17) is 10.8 Å². The fraction of sp³-hybridized carbons (Fsp3) is 0.364. The third kappa shape index (κ3) is 4.40. The lowest BCUT2D eigenvalue weighted by atomic mass is 10.1. The van der Waals surface area contributed by atoms with Crippen LogP contribution in [-0.4, -0.2) is 29.7 Å². The first-order chi connectivity index (χ1) is 8.72. The molecule has 1 aromatic rings. The van der Waals surface area contributed by atoms with Crippen LogP contribution in [0.25, 0.3) is 0 Å². The number of halogens is 4. The second-order valence-corrected chi connectivity index (χ2v) is 3.76. The second kappa shape index (κ2) is 5.87. The molecular formula is C11H11F4NO3. The van der Waals surface area contributed by atoms with Crippen molar-refractivity contribution in [3.05, 3.63) is 29.8 Å². The van der Waals surface area contributed by atoms with Crippen LogP contribution < -0.4 is 10.5 Å². The summed E-state index contributed by atoms with van der Waals surface area (Å²) in [5.74, 6) is -1.75. The zero-order chi connectivity index (χ0) is 14.6. The first-order valence-corrected chi connectivity index (χ1v) is 5.14. The summed E-state index contributed by atoms with van der Waals surface area (Å²) >= 11 is 0. The maximum Gasteiger partial charge on any atom is 0.461 e. The largest absolute Gasteiger partial charge is 0.480 e. The quantitative estimate of drug-likeness (QED) is 0.781. The maximum atomic E-state index is 12.7. The zero-order valence-corrected chi connectivity index (χ0v) is 9.52. The average molecular weight is 281 g/mol. The van der Waals surface area contributed by atoms with Crippen LogP contribution in [0.15, 0.2) is 24.3 Å². The second-order valence-electron chi connectivity index (χ2n) is 3.76. The highest BCUT2D eigenvalue weighted by molar-refractivity contribution is 5.73. The van der Waals surface area contributed by atoms with Gasteiger partial charge in [0.2, 0.25) is 0 Å². The molecule has 1 unspecified atom stereocenters. The number of ether oxygens (including phenoxy) is 1. The third-order valence-corrected chi connectivity index (χ3v) is 2.18. The number of alkyl halides is 4. The molecule has 0 spiro atoms. The van der Waals surface area contributed by atoms with Crippen molar-refractivity contribution < 1.29 is 32.2 Å². The van der Waals surface area contributed by atoms with Gasteiger partial charge in [-0.1, -0.05) is 12.1 Å². The molecule has 0 fully saturated rings. The van der Waals surface area contributed by atoms with Gasteiger partial charge < -0.3 is 15.6 Å². The number of rotatable bonds is 6. The van der Waals surface area contributed by atoms with Crippen LogP contribution in [-0.2, 0) is 11.2 Å². The van der Waals surface area contributed by atoms with Crippen molar-refractivity contribution in [2.45, 2.75) is 25.0 Å². The van der Waals surface area contributed by atoms with Gasteiger partial charge in [0, 0.05) is 0 Å². The van der Waals surface area contributed by atoms with Crippen molar-refractivity contribution in [1.29, 1.82) is 0 Å². The van der Waals surface area contributed by atoms with Gasteiger partial charge in [0.25, 0.3) is 0 Å². The van der Waals surface area contributed by atoms with Gasteiger partial charge in [-0.05, 0) is 24.1 Å². The fourth-order valence-electron chi connectivity index (χ4n) is 1.28. The molecule has 1 aromatic carbocycles. The predicted octanol–water partition coefficient (Wildman–Crippen LogP) is 1.88. The normalized spacial score (nSPS) is 13.4. The van der Waals surface area contributed by atoms with Crippen LogP contribution in [0.3, 0.4) is 0 Å². The smallest absolute Gasteiger partial charge is 0.461 e. The molecule has 1 atom stereocenters. The Bertz CT molecular complexity index is 453. The summed E-state index contributed by atoms with van der Waals surface area (Å²) in [6.45, 7) is 0. The Balaban J connectivity index is 2.80. The minimum absolute atomic E-state index is 0.132. The molecule has 0 amide bonds. The van der Waals surface area contributed by atoms with E-state index in [-0.39, 0.29) is 12.0 Å². The number of hydrogen-bond acceptors (Lipinski definition) is 3. The molecule has 0 heterocycles. The summed E-state index contributed by atoms with van der Waals surface area (Å²) in [7, 11) is 0. The molecule has 0 aliphatic heterocycles. The molecule has 0 saturated heterocycles. The molecule has 0 aliphatic carbocycles. The summed E-state index contributed by atoms with van der Waals surface area (Å²) < 4.78 is 53.1. The molecule has 0 aliphatic rings. The van der Waals surface area contributed by atoms with Gasteiger partial charge in [0.05, 0.1) is 0 Å². The van der Waals surface area contributed by atoms with Gasteiger partial charge in [-0.15, -0.1) is 0 Å². The number of carboxylic acid groups (broad SMARTS) is 1. The first kappa shape index (κ1) is 15.2. The Kier molecular flexibility index (Phi) is 4.71. The van der Waals surface area contributed by atoms with E-state index in [2.05, 4.69) is 4.74 Å². The Morgan fingerprint density at radius 1 is 1.42 bits per heavy atom. The van der Waals surface area contributed by atoms with E-state index >= 15 is 0 Å². The highest BCUT2D eigenvalue weighted by Crippen LogP contribution is 2.27. The van der Waals surface area contributed by atoms with Crippen LogP contribution in [0.5, 0.6) is 5.75 Å². The van der Waals surface area contributed by atoms with Crippen LogP contribution in [0, 0.1) is 0 Å². The van der Waals surface area contributed by atoms with Gasteiger partial charge in [0.15, 0.2) is 0 Å². The lowest BCUT2D eigenvalue weighted by Gasteiger charge is -2.17. The van der Waals surface area contributed by atoms with Crippen molar-refractivity contribution in [3.8, 4) is 5.75 Å². The molecule has 0 radical (unpaired) electrons. The van der Waals surface area contributed by atoms with Crippen LogP contribution in [0.2, 0.25) is 0 Å². The number of nitrogens with two attached hydrogens (primary N) is 1. The minimum Gasteiger partial charge on any atom is -0.480 e. The SMILES string of the molecule is NC(Cc1cccc(OC(F)(F)C(F)F)c1)C(=O)O. The van der Waals surface area contributed by atoms with E-state index in [9.17, 15) is 22.4 Å². The average Bonchev–Trinajstić information content (AvgIpc) is 2.28. The molecule has 106 valence electrons. The van der Waals surface area contributed by atoms with E-state index < -0.39 is 30.3 Å². The Labute approximate surface area is 105 Å². The molecule has 3 N–H and O–H groups in total. The van der Waals surface area contributed by atoms with E-state index in [0.717, 1.165) is 12.1 Å². The van der Waals surface area contributed by atoms with Gasteiger partial charge in [-0.3, -0.25) is 4.79 Å². The highest BCUT2D eigenvalue weighted by atomic mass is 19.3. The number of carbonyl (C=O) groups is 1. The van der Waals surface area contributed by atoms with Gasteiger partial charge >= 0.3 is 18.5 Å². The predicted molar refractivity (Wildman–Crippen MR) is 57.3 cm³/mol. The van der Waals surface area contributed by atoms with E-state index in [1.807, 2.05) is 0 Å². The van der Waals surface area contributed by atoms with Gasteiger partial charge in [-0.25, -0.2) is 0 Å². The lowest BCUT2D eigenvalue weighted by molar-refractivity contribution is -0.253. The number of benzene rings is 1. The van der Waals surface area contributed by atoms with E-state index in [1.54, 1.807) is 0 Å². The Hall–Kier alpha value is -1.83. The van der Waals surface area contributed by atoms with Crippen molar-refractivity contribution in [3.63, 3.8) is 0 Å². The summed E-state index contributed by atoms with van der Waals surface area (Å²) in [6.07, 6.45) is -8.70. The third-order valence-electron chi connectivity index (χ3n) is 2.18. The number of hydrogen-bond donors (Lipinski definition) is 2. The Morgan fingerprint density at radius 3 is 2.58 bits per heavy atom. The van der Waals surface area contributed by atoms with E-state index in [1.165, 1.54) is 12.1 Å². The molecule has 8 heteroatoms. The van der Waals surface area contributed by atoms with Crippen LogP contribution >= 0.6 is 0 Å². The Morgan fingerprint density at radius 2 is 2.05 bits per heavy atom. The summed E-state index contributed by atoms with van der Waals surface area (Å²) in [5, 5.41) is 8.60. The number of carboxylic acids is 1. The number of aliphatic carboxylic acids is 1. The van der Waals surface area contributed by atoms with Crippen LogP contribution in [0.4, 0.5) is 17.6 Å². The lowest BCUT2D eigenvalue weighted by Crippen LogP contribution is -2.33. The maximum absolute atomic E-state index is 12.7. The minimum atomic E-state index is -4.60. The fourth-order valence-corrected chi connectivity index (χ4v) is 1.28. The molecule has 0 saturated carbocycles. The summed E-state index contributed by atoms with van der Waals surface area (Å²) in [6, 6.07) is 3.59. The zero-order valence-electron chi connectivity index (χ0n) is 9.52. The van der Waals surface area contributed by atoms with Crippen LogP contribution in [0.1, 0.15) is 5.56 Å². The highest BCUT2D eigenvalue weighted by Gasteiger charge is 2.43. The molecule has 1 rings (SSSR count). The first-order valence-electron chi connectivity index (χ1n) is 5.14. The van der Waals surface area contributed by atoms with Crippen molar-refractivity contribution >= 4 is 5.97 Å². The van der Waals surface area contributed by atoms with Crippen molar-refractivity contribution in [2.75, 3.05) is 0 Å². The topological polar surface area (TPSA) is 72.5 Å². The monoisotopic (exact) mass is 281 g/mol. The van der Waals surface area contributed by atoms with Crippen molar-refractivity contribution in [2.24, 2.45) is 5.73 Å². The van der Waals surface area contributed by atoms with Crippen molar-refractivity contribution in [1.82, 2.24) is 0 Å². The molecule has 19 heavy (non-hydrogen) atoms. The standard InChI is InChI=1S/C11H11F4NO3/c12-10(13)11(14,15)19-7-3-1-2-6(4-7)5-8(16)9(17)18/h1-4,8,10H,5,16H2,(H,17,18). The molecular weight excluding hydrogens is 270 g/mol. The summed E-state index contributed by atoms with van der Waals surface area (Å²) in [4.78, 5) is 10.5. The van der Waals surface area contributed by atoms with E-state index in [0.29, 0.717) is 0 Å². The van der Waals surface area contributed by atoms with Gasteiger partial charge in [0.1, 0.15) is 11.8 Å². The van der Waals surface area contributed by atoms with Gasteiger partial charge in [-0.2, -0.15) is 17.6 Å². The molecule has 4 nitrogen and oxygen atoms in total. The molecule has 0 bridgehead atoms. The molecule has 0 aromatic heterocycles.